The van der Waals surface area contributed by atoms with Crippen LogP contribution in [0.25, 0.3) is 22.6 Å². The molecule has 1 heterocycles. The lowest BCUT2D eigenvalue weighted by Crippen LogP contribution is -2.13. The molecule has 1 N–H and O–H groups in total. The number of carbonyl (C=O) groups excluding carboxylic acids is 1. The summed E-state index contributed by atoms with van der Waals surface area (Å²) < 4.78 is 11.1. The van der Waals surface area contributed by atoms with E-state index in [0.717, 1.165) is 39.2 Å². The maximum absolute atomic E-state index is 12.7. The summed E-state index contributed by atoms with van der Waals surface area (Å²) in [5, 5.41) is 3.01. The predicted molar refractivity (Wildman–Crippen MR) is 115 cm³/mol. The van der Waals surface area contributed by atoms with Crippen molar-refractivity contribution < 1.29 is 13.9 Å². The van der Waals surface area contributed by atoms with Crippen LogP contribution in [-0.4, -0.2) is 18.0 Å². The number of anilines is 1. The first-order valence-corrected chi connectivity index (χ1v) is 9.39. The molecule has 29 heavy (non-hydrogen) atoms. The van der Waals surface area contributed by atoms with Gasteiger partial charge in [0.25, 0.3) is 5.91 Å². The SMILES string of the molecule is COc1ccc2oc(-c3ccc(C)c(NC(=O)c4ccc(C)c(C)c4)c3)nc2c1. The Kier molecular flexibility index (Phi) is 4.80. The molecule has 0 aliphatic heterocycles. The minimum absolute atomic E-state index is 0.143. The Hall–Kier alpha value is -3.60. The maximum Gasteiger partial charge on any atom is 0.255 e. The largest absolute Gasteiger partial charge is 0.497 e. The smallest absolute Gasteiger partial charge is 0.255 e. The molecule has 0 fully saturated rings. The Bertz CT molecular complexity index is 1220. The average Bonchev–Trinajstić information content (AvgIpc) is 3.14. The summed E-state index contributed by atoms with van der Waals surface area (Å²) in [5.41, 5.74) is 6.77. The zero-order valence-corrected chi connectivity index (χ0v) is 16.9. The van der Waals surface area contributed by atoms with Crippen LogP contribution in [0.4, 0.5) is 5.69 Å². The third-order valence-electron chi connectivity index (χ3n) is 5.10. The molecule has 0 aliphatic rings. The molecule has 4 aromatic rings. The van der Waals surface area contributed by atoms with Crippen molar-refractivity contribution in [1.29, 1.82) is 0 Å². The van der Waals surface area contributed by atoms with Gasteiger partial charge in [0.1, 0.15) is 11.3 Å². The number of carbonyl (C=O) groups is 1. The Labute approximate surface area is 169 Å². The lowest BCUT2D eigenvalue weighted by Gasteiger charge is -2.11. The van der Waals surface area contributed by atoms with Crippen LogP contribution in [-0.2, 0) is 0 Å². The average molecular weight is 386 g/mol. The van der Waals surface area contributed by atoms with Gasteiger partial charge >= 0.3 is 0 Å². The van der Waals surface area contributed by atoms with Gasteiger partial charge in [-0.3, -0.25) is 4.79 Å². The van der Waals surface area contributed by atoms with E-state index < -0.39 is 0 Å². The molecule has 5 nitrogen and oxygen atoms in total. The molecule has 3 aromatic carbocycles. The molecule has 0 spiro atoms. The highest BCUT2D eigenvalue weighted by atomic mass is 16.5. The van der Waals surface area contributed by atoms with Crippen LogP contribution in [0.5, 0.6) is 5.75 Å². The molecular weight excluding hydrogens is 364 g/mol. The van der Waals surface area contributed by atoms with Gasteiger partial charge in [-0.25, -0.2) is 4.98 Å². The van der Waals surface area contributed by atoms with Gasteiger partial charge in [0.05, 0.1) is 7.11 Å². The molecule has 1 aromatic heterocycles. The van der Waals surface area contributed by atoms with Gasteiger partial charge in [-0.2, -0.15) is 0 Å². The van der Waals surface area contributed by atoms with E-state index in [9.17, 15) is 4.79 Å². The highest BCUT2D eigenvalue weighted by Crippen LogP contribution is 2.29. The van der Waals surface area contributed by atoms with Crippen LogP contribution < -0.4 is 10.1 Å². The number of rotatable bonds is 4. The zero-order valence-electron chi connectivity index (χ0n) is 16.9. The maximum atomic E-state index is 12.7. The molecule has 0 atom stereocenters. The number of hydrogen-bond donors (Lipinski definition) is 1. The van der Waals surface area contributed by atoms with E-state index in [1.165, 1.54) is 0 Å². The quantitative estimate of drug-likeness (QED) is 0.490. The highest BCUT2D eigenvalue weighted by molar-refractivity contribution is 6.05. The molecule has 0 saturated heterocycles. The number of nitrogens with one attached hydrogen (secondary N) is 1. The monoisotopic (exact) mass is 386 g/mol. The van der Waals surface area contributed by atoms with Crippen molar-refractivity contribution in [3.63, 3.8) is 0 Å². The Morgan fingerprint density at radius 1 is 0.931 bits per heavy atom. The number of fused-ring (bicyclic) bond motifs is 1. The minimum atomic E-state index is -0.143. The lowest BCUT2D eigenvalue weighted by atomic mass is 10.1. The Balaban J connectivity index is 1.65. The van der Waals surface area contributed by atoms with Gasteiger partial charge in [0, 0.05) is 22.9 Å². The second-order valence-electron chi connectivity index (χ2n) is 7.14. The molecule has 0 aliphatic carbocycles. The molecular formula is C24H22N2O3. The zero-order chi connectivity index (χ0) is 20.5. The summed E-state index contributed by atoms with van der Waals surface area (Å²) in [5.74, 6) is 1.08. The second kappa shape index (κ2) is 7.43. The van der Waals surface area contributed by atoms with Crippen molar-refractivity contribution in [2.75, 3.05) is 12.4 Å². The molecule has 5 heteroatoms. The van der Waals surface area contributed by atoms with E-state index in [4.69, 9.17) is 9.15 Å². The van der Waals surface area contributed by atoms with Gasteiger partial charge < -0.3 is 14.5 Å². The molecule has 0 saturated carbocycles. The van der Waals surface area contributed by atoms with E-state index in [2.05, 4.69) is 10.3 Å². The van der Waals surface area contributed by atoms with Crippen molar-refractivity contribution in [2.24, 2.45) is 0 Å². The molecule has 1 amide bonds. The van der Waals surface area contributed by atoms with Crippen LogP contribution in [0.1, 0.15) is 27.0 Å². The van der Waals surface area contributed by atoms with Crippen LogP contribution in [0.3, 0.4) is 0 Å². The molecule has 0 bridgehead atoms. The number of benzene rings is 3. The number of ether oxygens (including phenoxy) is 1. The summed E-state index contributed by atoms with van der Waals surface area (Å²) in [6.45, 7) is 5.98. The molecule has 4 rings (SSSR count). The Morgan fingerprint density at radius 3 is 2.48 bits per heavy atom. The fraction of sp³-hybridized carbons (Fsp3) is 0.167. The van der Waals surface area contributed by atoms with E-state index in [1.54, 1.807) is 7.11 Å². The van der Waals surface area contributed by atoms with E-state index in [-0.39, 0.29) is 5.91 Å². The van der Waals surface area contributed by atoms with Gasteiger partial charge in [0.15, 0.2) is 5.58 Å². The van der Waals surface area contributed by atoms with Crippen LogP contribution in [0, 0.1) is 20.8 Å². The number of aromatic nitrogens is 1. The van der Waals surface area contributed by atoms with Crippen molar-refractivity contribution in [1.82, 2.24) is 4.98 Å². The third-order valence-corrected chi connectivity index (χ3v) is 5.10. The van der Waals surface area contributed by atoms with Crippen molar-refractivity contribution in [3.05, 3.63) is 76.9 Å². The number of oxazole rings is 1. The van der Waals surface area contributed by atoms with Crippen LogP contribution >= 0.6 is 0 Å². The molecule has 0 unspecified atom stereocenters. The normalized spacial score (nSPS) is 10.9. The second-order valence-corrected chi connectivity index (χ2v) is 7.14. The first kappa shape index (κ1) is 18.7. The predicted octanol–water partition coefficient (Wildman–Crippen LogP) is 5.68. The van der Waals surface area contributed by atoms with Crippen molar-refractivity contribution in [2.45, 2.75) is 20.8 Å². The fourth-order valence-corrected chi connectivity index (χ4v) is 3.12. The van der Waals surface area contributed by atoms with E-state index in [1.807, 2.05) is 75.4 Å². The van der Waals surface area contributed by atoms with Crippen molar-refractivity contribution >= 4 is 22.7 Å². The number of aryl methyl sites for hydroxylation is 3. The molecule has 146 valence electrons. The number of hydrogen-bond acceptors (Lipinski definition) is 4. The van der Waals surface area contributed by atoms with Gasteiger partial charge in [-0.15, -0.1) is 0 Å². The standard InChI is InChI=1S/C24H22N2O3/c1-14-5-7-17(11-16(14)3)23(27)25-20-12-18(8-6-15(20)2)24-26-21-13-19(28-4)9-10-22(21)29-24/h5-13H,1-4H3,(H,25,27). The van der Waals surface area contributed by atoms with E-state index >= 15 is 0 Å². The van der Waals surface area contributed by atoms with Gasteiger partial charge in [-0.1, -0.05) is 12.1 Å². The highest BCUT2D eigenvalue weighted by Gasteiger charge is 2.13. The number of amides is 1. The summed E-state index contributed by atoms with van der Waals surface area (Å²) in [6, 6.07) is 17.0. The van der Waals surface area contributed by atoms with Crippen LogP contribution in [0.15, 0.2) is 59.0 Å². The van der Waals surface area contributed by atoms with Crippen LogP contribution in [0.2, 0.25) is 0 Å². The summed E-state index contributed by atoms with van der Waals surface area (Å²) in [7, 11) is 1.62. The first-order valence-electron chi connectivity index (χ1n) is 9.39. The summed E-state index contributed by atoms with van der Waals surface area (Å²) in [4.78, 5) is 17.3. The summed E-state index contributed by atoms with van der Waals surface area (Å²) >= 11 is 0. The minimum Gasteiger partial charge on any atom is -0.497 e. The third kappa shape index (κ3) is 3.72. The van der Waals surface area contributed by atoms with Crippen molar-refractivity contribution in [3.8, 4) is 17.2 Å². The van der Waals surface area contributed by atoms with E-state index in [0.29, 0.717) is 17.0 Å². The fourth-order valence-electron chi connectivity index (χ4n) is 3.12. The van der Waals surface area contributed by atoms with Gasteiger partial charge in [0.2, 0.25) is 5.89 Å². The topological polar surface area (TPSA) is 64.4 Å². The number of nitrogens with zero attached hydrogens (tertiary/aromatic N) is 1. The first-order chi connectivity index (χ1) is 13.9. The summed E-state index contributed by atoms with van der Waals surface area (Å²) in [6.07, 6.45) is 0. The molecule has 0 radical (unpaired) electrons. The van der Waals surface area contributed by atoms with Gasteiger partial charge in [-0.05, 0) is 73.9 Å². The number of methoxy groups -OCH3 is 1. The Morgan fingerprint density at radius 2 is 1.72 bits per heavy atom. The lowest BCUT2D eigenvalue weighted by molar-refractivity contribution is 0.102.